The van der Waals surface area contributed by atoms with E-state index in [1.807, 2.05) is 6.07 Å². The molecule has 0 aliphatic heterocycles. The summed E-state index contributed by atoms with van der Waals surface area (Å²) in [5, 5.41) is 2.75. The Kier molecular flexibility index (Phi) is 4.53. The van der Waals surface area contributed by atoms with Crippen molar-refractivity contribution in [2.75, 3.05) is 0 Å². The number of carbonyl (C=O) groups excluding carboxylic acids is 1. The van der Waals surface area contributed by atoms with Gasteiger partial charge in [0.25, 0.3) is 5.56 Å². The summed E-state index contributed by atoms with van der Waals surface area (Å²) in [7, 11) is 2.91. The van der Waals surface area contributed by atoms with Crippen molar-refractivity contribution < 1.29 is 4.79 Å². The summed E-state index contributed by atoms with van der Waals surface area (Å²) in [5.74, 6) is -0.293. The number of amides is 1. The standard InChI is InChI=1S/C15H15BrN6O3/c1-20-12-11(13(24)21(2)15(20)25)19-14(16)22(12)8-10(23)18-7-9-5-3-4-6-17-9/h3-6H,7-8H2,1-2H3,(H,18,23). The Bertz CT molecular complexity index is 1070. The second-order valence-corrected chi connectivity index (χ2v) is 6.15. The van der Waals surface area contributed by atoms with Gasteiger partial charge in [0.05, 0.1) is 12.2 Å². The molecule has 0 aliphatic carbocycles. The maximum Gasteiger partial charge on any atom is 0.332 e. The fraction of sp³-hybridized carbons (Fsp3) is 0.267. The molecule has 0 fully saturated rings. The van der Waals surface area contributed by atoms with E-state index in [9.17, 15) is 14.4 Å². The zero-order chi connectivity index (χ0) is 18.1. The van der Waals surface area contributed by atoms with Crippen LogP contribution >= 0.6 is 15.9 Å². The first-order valence-corrected chi connectivity index (χ1v) is 8.18. The third-order valence-corrected chi connectivity index (χ3v) is 4.39. The average molecular weight is 407 g/mol. The molecule has 10 heteroatoms. The molecule has 3 rings (SSSR count). The summed E-state index contributed by atoms with van der Waals surface area (Å²) in [6.07, 6.45) is 1.65. The van der Waals surface area contributed by atoms with Gasteiger partial charge in [0, 0.05) is 20.3 Å². The van der Waals surface area contributed by atoms with Crippen LogP contribution in [-0.4, -0.2) is 29.6 Å². The third-order valence-electron chi connectivity index (χ3n) is 3.79. The van der Waals surface area contributed by atoms with E-state index in [1.54, 1.807) is 18.3 Å². The zero-order valence-electron chi connectivity index (χ0n) is 13.6. The number of aromatic nitrogens is 5. The van der Waals surface area contributed by atoms with E-state index in [4.69, 9.17) is 0 Å². The van der Waals surface area contributed by atoms with Crippen molar-refractivity contribution >= 4 is 33.0 Å². The Labute approximate surface area is 150 Å². The van der Waals surface area contributed by atoms with Crippen LogP contribution < -0.4 is 16.6 Å². The van der Waals surface area contributed by atoms with Gasteiger partial charge in [-0.25, -0.2) is 9.78 Å². The zero-order valence-corrected chi connectivity index (χ0v) is 15.1. The predicted octanol–water partition coefficient (Wildman–Crippen LogP) is -0.0924. The normalized spacial score (nSPS) is 11.0. The highest BCUT2D eigenvalue weighted by atomic mass is 79.9. The van der Waals surface area contributed by atoms with Crippen molar-refractivity contribution in [2.24, 2.45) is 14.1 Å². The summed E-state index contributed by atoms with van der Waals surface area (Å²) in [4.78, 5) is 44.8. The lowest BCUT2D eigenvalue weighted by Crippen LogP contribution is -2.38. The first-order valence-electron chi connectivity index (χ1n) is 7.38. The van der Waals surface area contributed by atoms with Crippen molar-refractivity contribution in [1.29, 1.82) is 0 Å². The van der Waals surface area contributed by atoms with E-state index in [-0.39, 0.29) is 30.2 Å². The van der Waals surface area contributed by atoms with Gasteiger partial charge >= 0.3 is 5.69 Å². The van der Waals surface area contributed by atoms with E-state index in [1.165, 1.54) is 23.2 Å². The molecule has 1 amide bonds. The highest BCUT2D eigenvalue weighted by Crippen LogP contribution is 2.16. The molecular weight excluding hydrogens is 392 g/mol. The molecule has 9 nitrogen and oxygen atoms in total. The van der Waals surface area contributed by atoms with E-state index >= 15 is 0 Å². The molecule has 0 atom stereocenters. The van der Waals surface area contributed by atoms with E-state index in [2.05, 4.69) is 31.2 Å². The van der Waals surface area contributed by atoms with Gasteiger partial charge in [-0.2, -0.15) is 0 Å². The van der Waals surface area contributed by atoms with Crippen LogP contribution in [0.1, 0.15) is 5.69 Å². The van der Waals surface area contributed by atoms with Crippen LogP contribution in [-0.2, 0) is 32.0 Å². The van der Waals surface area contributed by atoms with E-state index in [0.717, 1.165) is 10.3 Å². The van der Waals surface area contributed by atoms with Gasteiger partial charge in [-0.05, 0) is 28.1 Å². The van der Waals surface area contributed by atoms with Crippen molar-refractivity contribution in [1.82, 2.24) is 29.0 Å². The number of hydrogen-bond acceptors (Lipinski definition) is 5. The lowest BCUT2D eigenvalue weighted by Gasteiger charge is -2.10. The quantitative estimate of drug-likeness (QED) is 0.609. The van der Waals surface area contributed by atoms with E-state index in [0.29, 0.717) is 4.73 Å². The molecule has 0 spiro atoms. The molecule has 0 saturated carbocycles. The maximum absolute atomic E-state index is 12.2. The summed E-state index contributed by atoms with van der Waals surface area (Å²) in [5.41, 5.74) is 0.139. The summed E-state index contributed by atoms with van der Waals surface area (Å²) in [6.45, 7) is 0.189. The number of fused-ring (bicyclic) bond motifs is 1. The SMILES string of the molecule is Cn1c(=O)c2nc(Br)n(CC(=O)NCc3ccccn3)c2n(C)c1=O. The number of nitrogens with zero attached hydrogens (tertiary/aromatic N) is 5. The van der Waals surface area contributed by atoms with Crippen LogP contribution in [0.25, 0.3) is 11.2 Å². The second-order valence-electron chi connectivity index (χ2n) is 5.44. The van der Waals surface area contributed by atoms with Crippen LogP contribution in [0.2, 0.25) is 0 Å². The van der Waals surface area contributed by atoms with Gasteiger partial charge in [0.15, 0.2) is 15.9 Å². The van der Waals surface area contributed by atoms with Crippen LogP contribution in [0.4, 0.5) is 0 Å². The molecule has 0 aliphatic rings. The second kappa shape index (κ2) is 6.63. The molecule has 3 aromatic heterocycles. The number of pyridine rings is 1. The molecule has 3 aromatic rings. The van der Waals surface area contributed by atoms with Crippen molar-refractivity contribution in [3.8, 4) is 0 Å². The van der Waals surface area contributed by atoms with Gasteiger partial charge < -0.3 is 5.32 Å². The number of halogens is 1. The number of nitrogens with one attached hydrogen (secondary N) is 1. The largest absolute Gasteiger partial charge is 0.349 e. The van der Waals surface area contributed by atoms with Crippen LogP contribution in [0.15, 0.2) is 38.7 Å². The molecule has 0 bridgehead atoms. The first kappa shape index (κ1) is 17.1. The third kappa shape index (κ3) is 3.12. The molecule has 3 heterocycles. The van der Waals surface area contributed by atoms with Crippen LogP contribution in [0.5, 0.6) is 0 Å². The van der Waals surface area contributed by atoms with Crippen molar-refractivity contribution in [3.05, 3.63) is 55.7 Å². The molecule has 0 unspecified atom stereocenters. The van der Waals surface area contributed by atoms with Gasteiger partial charge in [-0.15, -0.1) is 0 Å². The van der Waals surface area contributed by atoms with Gasteiger partial charge in [0.2, 0.25) is 5.91 Å². The van der Waals surface area contributed by atoms with Gasteiger partial charge in [-0.1, -0.05) is 6.07 Å². The lowest BCUT2D eigenvalue weighted by molar-refractivity contribution is -0.121. The van der Waals surface area contributed by atoms with Gasteiger partial charge in [0.1, 0.15) is 6.54 Å². The number of rotatable bonds is 4. The fourth-order valence-corrected chi connectivity index (χ4v) is 2.96. The van der Waals surface area contributed by atoms with Gasteiger partial charge in [-0.3, -0.25) is 28.3 Å². The highest BCUT2D eigenvalue weighted by Gasteiger charge is 2.19. The Morgan fingerprint density at radius 1 is 1.24 bits per heavy atom. The van der Waals surface area contributed by atoms with Crippen LogP contribution in [0.3, 0.4) is 0 Å². The Morgan fingerprint density at radius 2 is 2.00 bits per heavy atom. The Morgan fingerprint density at radius 3 is 2.68 bits per heavy atom. The average Bonchev–Trinajstić information content (AvgIpc) is 2.94. The predicted molar refractivity (Wildman–Crippen MR) is 94.0 cm³/mol. The molecule has 0 saturated heterocycles. The minimum Gasteiger partial charge on any atom is -0.349 e. The summed E-state index contributed by atoms with van der Waals surface area (Å²) in [6, 6.07) is 5.43. The number of hydrogen-bond donors (Lipinski definition) is 1. The van der Waals surface area contributed by atoms with E-state index < -0.39 is 11.2 Å². The van der Waals surface area contributed by atoms with Crippen molar-refractivity contribution in [3.63, 3.8) is 0 Å². The number of aryl methyl sites for hydroxylation is 1. The molecular formula is C15H15BrN6O3. The number of imidazole rings is 1. The summed E-state index contributed by atoms with van der Waals surface area (Å²) >= 11 is 3.25. The van der Waals surface area contributed by atoms with Crippen LogP contribution in [0, 0.1) is 0 Å². The maximum atomic E-state index is 12.2. The minimum absolute atomic E-state index is 0.0929. The molecule has 0 aromatic carbocycles. The highest BCUT2D eigenvalue weighted by molar-refractivity contribution is 9.10. The fourth-order valence-electron chi connectivity index (χ4n) is 2.49. The molecule has 1 N–H and O–H groups in total. The number of carbonyl (C=O) groups is 1. The molecule has 0 radical (unpaired) electrons. The van der Waals surface area contributed by atoms with Crippen molar-refractivity contribution in [2.45, 2.75) is 13.1 Å². The molecule has 130 valence electrons. The summed E-state index contributed by atoms with van der Waals surface area (Å²) < 4.78 is 4.05. The lowest BCUT2D eigenvalue weighted by atomic mass is 10.3. The Hall–Kier alpha value is -2.75. The first-order chi connectivity index (χ1) is 11.9. The molecule has 25 heavy (non-hydrogen) atoms. The minimum atomic E-state index is -0.508. The smallest absolute Gasteiger partial charge is 0.332 e. The topological polar surface area (TPSA) is 104 Å². The Balaban J connectivity index is 1.91. The monoisotopic (exact) mass is 406 g/mol.